The third-order valence-corrected chi connectivity index (χ3v) is 5.32. The average Bonchev–Trinajstić information content (AvgIpc) is 2.67. The Morgan fingerprint density at radius 1 is 1.00 bits per heavy atom. The van der Waals surface area contributed by atoms with E-state index in [4.69, 9.17) is 9.47 Å². The first-order valence-electron chi connectivity index (χ1n) is 8.71. The summed E-state index contributed by atoms with van der Waals surface area (Å²) < 4.78 is 11.4. The van der Waals surface area contributed by atoms with Crippen molar-refractivity contribution in [1.82, 2.24) is 14.9 Å². The van der Waals surface area contributed by atoms with Gasteiger partial charge >= 0.3 is 0 Å². The zero-order chi connectivity index (χ0) is 19.6. The van der Waals surface area contributed by atoms with Crippen LogP contribution in [0.4, 0.5) is 5.82 Å². The van der Waals surface area contributed by atoms with E-state index in [9.17, 15) is 4.79 Å². The molecule has 0 aliphatic carbocycles. The van der Waals surface area contributed by atoms with Gasteiger partial charge in [0.25, 0.3) is 5.91 Å². The Morgan fingerprint density at radius 2 is 1.59 bits per heavy atom. The number of aromatic nitrogens is 2. The van der Waals surface area contributed by atoms with Crippen LogP contribution in [0.15, 0.2) is 22.7 Å². The SMILES string of the molecule is COc1cc(C(=O)N2CCN(c3cc(C)nc(C)n3)CC2)cc(OC)c1Br. The fourth-order valence-electron chi connectivity index (χ4n) is 3.17. The topological polar surface area (TPSA) is 67.8 Å². The maximum Gasteiger partial charge on any atom is 0.254 e. The lowest BCUT2D eigenvalue weighted by molar-refractivity contribution is 0.0745. The molecule has 1 amide bonds. The van der Waals surface area contributed by atoms with E-state index >= 15 is 0 Å². The highest BCUT2D eigenvalue weighted by molar-refractivity contribution is 9.10. The van der Waals surface area contributed by atoms with Crippen molar-refractivity contribution >= 4 is 27.7 Å². The summed E-state index contributed by atoms with van der Waals surface area (Å²) in [5.41, 5.74) is 1.50. The van der Waals surface area contributed by atoms with Crippen molar-refractivity contribution < 1.29 is 14.3 Å². The molecule has 0 spiro atoms. The molecular weight excluding hydrogens is 412 g/mol. The zero-order valence-electron chi connectivity index (χ0n) is 16.0. The minimum absolute atomic E-state index is 0.0335. The number of methoxy groups -OCH3 is 2. The molecule has 1 aromatic carbocycles. The van der Waals surface area contributed by atoms with Gasteiger partial charge in [-0.1, -0.05) is 0 Å². The number of benzene rings is 1. The maximum absolute atomic E-state index is 13.0. The third-order valence-electron chi connectivity index (χ3n) is 4.54. The van der Waals surface area contributed by atoms with Crippen LogP contribution in [-0.2, 0) is 0 Å². The first-order chi connectivity index (χ1) is 12.9. The maximum atomic E-state index is 13.0. The van der Waals surface area contributed by atoms with Crippen molar-refractivity contribution in [2.24, 2.45) is 0 Å². The predicted molar refractivity (Wildman–Crippen MR) is 107 cm³/mol. The molecule has 2 heterocycles. The number of ether oxygens (including phenoxy) is 2. The Morgan fingerprint density at radius 3 is 2.11 bits per heavy atom. The molecule has 8 heteroatoms. The van der Waals surface area contributed by atoms with Crippen molar-refractivity contribution in [2.45, 2.75) is 13.8 Å². The number of piperazine rings is 1. The summed E-state index contributed by atoms with van der Waals surface area (Å²) >= 11 is 3.43. The van der Waals surface area contributed by atoms with Crippen LogP contribution >= 0.6 is 15.9 Å². The number of carbonyl (C=O) groups excluding carboxylic acids is 1. The van der Waals surface area contributed by atoms with Gasteiger partial charge in [-0.25, -0.2) is 9.97 Å². The van der Waals surface area contributed by atoms with Crippen molar-refractivity contribution in [3.8, 4) is 11.5 Å². The summed E-state index contributed by atoms with van der Waals surface area (Å²) in [5.74, 6) is 2.79. The summed E-state index contributed by atoms with van der Waals surface area (Å²) in [6, 6.07) is 5.45. The minimum atomic E-state index is -0.0335. The number of nitrogens with zero attached hydrogens (tertiary/aromatic N) is 4. The van der Waals surface area contributed by atoms with Gasteiger partial charge in [0.15, 0.2) is 0 Å². The Balaban J connectivity index is 1.73. The highest BCUT2D eigenvalue weighted by Crippen LogP contribution is 2.36. The third kappa shape index (κ3) is 4.16. The predicted octanol–water partition coefficient (Wildman–Crippen LogP) is 2.84. The molecule has 0 radical (unpaired) electrons. The van der Waals surface area contributed by atoms with Crippen molar-refractivity contribution in [2.75, 3.05) is 45.3 Å². The molecule has 1 aliphatic heterocycles. The van der Waals surface area contributed by atoms with Gasteiger partial charge in [-0.05, 0) is 41.9 Å². The van der Waals surface area contributed by atoms with E-state index < -0.39 is 0 Å². The first-order valence-corrected chi connectivity index (χ1v) is 9.50. The fourth-order valence-corrected chi connectivity index (χ4v) is 3.73. The van der Waals surface area contributed by atoms with E-state index in [0.717, 1.165) is 30.4 Å². The van der Waals surface area contributed by atoms with E-state index in [0.29, 0.717) is 34.6 Å². The van der Waals surface area contributed by atoms with Gasteiger partial charge in [-0.3, -0.25) is 4.79 Å². The molecule has 2 aromatic rings. The molecule has 0 atom stereocenters. The van der Waals surface area contributed by atoms with E-state index in [2.05, 4.69) is 30.8 Å². The molecule has 3 rings (SSSR count). The second kappa shape index (κ2) is 8.12. The summed E-state index contributed by atoms with van der Waals surface area (Å²) in [6.45, 7) is 6.57. The fraction of sp³-hybridized carbons (Fsp3) is 0.421. The summed E-state index contributed by atoms with van der Waals surface area (Å²) in [6.07, 6.45) is 0. The van der Waals surface area contributed by atoms with Crippen LogP contribution < -0.4 is 14.4 Å². The van der Waals surface area contributed by atoms with Gasteiger partial charge in [0, 0.05) is 43.5 Å². The number of hydrogen-bond donors (Lipinski definition) is 0. The van der Waals surface area contributed by atoms with Gasteiger partial charge < -0.3 is 19.3 Å². The molecule has 0 saturated carbocycles. The Labute approximate surface area is 167 Å². The number of aryl methyl sites for hydroxylation is 2. The molecule has 27 heavy (non-hydrogen) atoms. The lowest BCUT2D eigenvalue weighted by atomic mass is 10.1. The molecule has 1 aliphatic rings. The minimum Gasteiger partial charge on any atom is -0.495 e. The highest BCUT2D eigenvalue weighted by atomic mass is 79.9. The molecule has 0 N–H and O–H groups in total. The molecule has 7 nitrogen and oxygen atoms in total. The van der Waals surface area contributed by atoms with Crippen LogP contribution in [0.2, 0.25) is 0 Å². The monoisotopic (exact) mass is 434 g/mol. The number of rotatable bonds is 4. The van der Waals surface area contributed by atoms with Gasteiger partial charge in [0.05, 0.1) is 14.2 Å². The van der Waals surface area contributed by atoms with E-state index in [1.165, 1.54) is 0 Å². The lowest BCUT2D eigenvalue weighted by Crippen LogP contribution is -2.49. The van der Waals surface area contributed by atoms with Crippen LogP contribution in [0.1, 0.15) is 21.9 Å². The van der Waals surface area contributed by atoms with Gasteiger partial charge in [0.1, 0.15) is 27.6 Å². The quantitative estimate of drug-likeness (QED) is 0.736. The number of anilines is 1. The molecule has 1 fully saturated rings. The lowest BCUT2D eigenvalue weighted by Gasteiger charge is -2.35. The van der Waals surface area contributed by atoms with Gasteiger partial charge in [-0.2, -0.15) is 0 Å². The zero-order valence-corrected chi connectivity index (χ0v) is 17.5. The Bertz CT molecular complexity index is 806. The highest BCUT2D eigenvalue weighted by Gasteiger charge is 2.25. The van der Waals surface area contributed by atoms with Crippen LogP contribution in [0.5, 0.6) is 11.5 Å². The number of halogens is 1. The van der Waals surface area contributed by atoms with Crippen molar-refractivity contribution in [3.63, 3.8) is 0 Å². The second-order valence-corrected chi connectivity index (χ2v) is 7.18. The van der Waals surface area contributed by atoms with Gasteiger partial charge in [0.2, 0.25) is 0 Å². The Hall–Kier alpha value is -2.35. The molecule has 144 valence electrons. The first kappa shape index (κ1) is 19.4. The summed E-state index contributed by atoms with van der Waals surface area (Å²) in [7, 11) is 3.14. The van der Waals surface area contributed by atoms with Gasteiger partial charge in [-0.15, -0.1) is 0 Å². The van der Waals surface area contributed by atoms with E-state index in [1.54, 1.807) is 26.4 Å². The standard InChI is InChI=1S/C19H23BrN4O3/c1-12-9-17(22-13(2)21-12)23-5-7-24(8-6-23)19(25)14-10-15(26-3)18(20)16(11-14)27-4/h9-11H,5-8H2,1-4H3. The molecule has 0 bridgehead atoms. The van der Waals surface area contributed by atoms with Crippen molar-refractivity contribution in [3.05, 3.63) is 39.8 Å². The van der Waals surface area contributed by atoms with Crippen LogP contribution in [0, 0.1) is 13.8 Å². The average molecular weight is 435 g/mol. The van der Waals surface area contributed by atoms with E-state index in [1.807, 2.05) is 24.8 Å². The van der Waals surface area contributed by atoms with Crippen LogP contribution in [0.25, 0.3) is 0 Å². The summed E-state index contributed by atoms with van der Waals surface area (Å²) in [4.78, 5) is 25.8. The largest absolute Gasteiger partial charge is 0.495 e. The van der Waals surface area contributed by atoms with Crippen molar-refractivity contribution in [1.29, 1.82) is 0 Å². The smallest absolute Gasteiger partial charge is 0.254 e. The van der Waals surface area contributed by atoms with E-state index in [-0.39, 0.29) is 5.91 Å². The number of hydrogen-bond acceptors (Lipinski definition) is 6. The van der Waals surface area contributed by atoms with Crippen LogP contribution in [0.3, 0.4) is 0 Å². The number of amides is 1. The Kier molecular flexibility index (Phi) is 5.84. The molecule has 1 saturated heterocycles. The number of carbonyl (C=O) groups is 1. The second-order valence-electron chi connectivity index (χ2n) is 6.39. The summed E-state index contributed by atoms with van der Waals surface area (Å²) in [5, 5.41) is 0. The van der Waals surface area contributed by atoms with Crippen LogP contribution in [-0.4, -0.2) is 61.2 Å². The molecular formula is C19H23BrN4O3. The molecule has 0 unspecified atom stereocenters. The normalized spacial score (nSPS) is 14.3. The molecule has 1 aromatic heterocycles.